The molecule has 22 heavy (non-hydrogen) atoms. The van der Waals surface area contributed by atoms with Gasteiger partial charge in [0.2, 0.25) is 17.7 Å². The van der Waals surface area contributed by atoms with Crippen molar-refractivity contribution in [2.75, 3.05) is 0 Å². The van der Waals surface area contributed by atoms with E-state index < -0.39 is 6.04 Å². The zero-order chi connectivity index (χ0) is 16.1. The molecule has 1 aromatic rings. The third-order valence-corrected chi connectivity index (χ3v) is 3.52. The van der Waals surface area contributed by atoms with Crippen molar-refractivity contribution < 1.29 is 14.4 Å². The molecule has 1 aliphatic rings. The number of rotatable bonds is 5. The van der Waals surface area contributed by atoms with Crippen LogP contribution in [0.4, 0.5) is 0 Å². The second kappa shape index (κ2) is 7.06. The van der Waals surface area contributed by atoms with Crippen LogP contribution in [0.25, 0.3) is 0 Å². The second-order valence-corrected chi connectivity index (χ2v) is 5.68. The van der Waals surface area contributed by atoms with Gasteiger partial charge in [-0.1, -0.05) is 29.8 Å². The van der Waals surface area contributed by atoms with E-state index in [4.69, 9.17) is 0 Å². The number of hydrazine groups is 1. The van der Waals surface area contributed by atoms with Crippen molar-refractivity contribution in [3.8, 4) is 0 Å². The molecular weight excluding hydrogens is 282 g/mol. The zero-order valence-electron chi connectivity index (χ0n) is 12.8. The predicted molar refractivity (Wildman–Crippen MR) is 81.4 cm³/mol. The maximum Gasteiger partial charge on any atom is 0.241 e. The van der Waals surface area contributed by atoms with Crippen LogP contribution < -0.4 is 16.2 Å². The highest BCUT2D eigenvalue weighted by atomic mass is 16.2. The van der Waals surface area contributed by atoms with Crippen molar-refractivity contribution in [3.63, 3.8) is 0 Å². The molecule has 1 unspecified atom stereocenters. The molecule has 0 aromatic heterocycles. The van der Waals surface area contributed by atoms with Crippen LogP contribution in [0.2, 0.25) is 0 Å². The van der Waals surface area contributed by atoms with Crippen LogP contribution in [0, 0.1) is 12.8 Å². The van der Waals surface area contributed by atoms with Gasteiger partial charge in [-0.25, -0.2) is 0 Å². The number of nitrogens with one attached hydrogen (secondary N) is 3. The third kappa shape index (κ3) is 4.87. The smallest absolute Gasteiger partial charge is 0.241 e. The molecule has 2 rings (SSSR count). The highest BCUT2D eigenvalue weighted by Crippen LogP contribution is 2.28. The Morgan fingerprint density at radius 1 is 1.14 bits per heavy atom. The van der Waals surface area contributed by atoms with Crippen LogP contribution in [0.3, 0.4) is 0 Å². The number of aryl methyl sites for hydroxylation is 1. The Kier molecular flexibility index (Phi) is 5.14. The minimum absolute atomic E-state index is 0.0311. The molecule has 1 saturated carbocycles. The summed E-state index contributed by atoms with van der Waals surface area (Å²) in [6.45, 7) is 3.38. The summed E-state index contributed by atoms with van der Waals surface area (Å²) in [7, 11) is 0. The summed E-state index contributed by atoms with van der Waals surface area (Å²) in [4.78, 5) is 34.8. The van der Waals surface area contributed by atoms with Gasteiger partial charge in [-0.3, -0.25) is 25.2 Å². The first kappa shape index (κ1) is 16.0. The lowest BCUT2D eigenvalue weighted by molar-refractivity contribution is -0.130. The third-order valence-electron chi connectivity index (χ3n) is 3.52. The Morgan fingerprint density at radius 3 is 2.32 bits per heavy atom. The van der Waals surface area contributed by atoms with Crippen LogP contribution in [0.15, 0.2) is 24.3 Å². The first-order valence-electron chi connectivity index (χ1n) is 7.38. The van der Waals surface area contributed by atoms with Gasteiger partial charge in [0.1, 0.15) is 0 Å². The quantitative estimate of drug-likeness (QED) is 0.712. The zero-order valence-corrected chi connectivity index (χ0v) is 12.8. The van der Waals surface area contributed by atoms with Crippen molar-refractivity contribution >= 4 is 17.7 Å². The van der Waals surface area contributed by atoms with E-state index in [-0.39, 0.29) is 30.1 Å². The van der Waals surface area contributed by atoms with Gasteiger partial charge in [0.15, 0.2) is 0 Å². The number of benzene rings is 1. The average molecular weight is 303 g/mol. The SMILES string of the molecule is CC(=O)NC(CC(=O)NNC(=O)C1CC1)c1ccc(C)cc1. The van der Waals surface area contributed by atoms with Gasteiger partial charge in [0.25, 0.3) is 0 Å². The highest BCUT2D eigenvalue weighted by molar-refractivity contribution is 5.85. The molecule has 6 nitrogen and oxygen atoms in total. The molecule has 0 heterocycles. The fourth-order valence-corrected chi connectivity index (χ4v) is 2.11. The van der Waals surface area contributed by atoms with Gasteiger partial charge in [-0.15, -0.1) is 0 Å². The maximum absolute atomic E-state index is 11.9. The molecule has 1 fully saturated rings. The lowest BCUT2D eigenvalue weighted by atomic mass is 10.0. The predicted octanol–water partition coefficient (Wildman–Crippen LogP) is 1.12. The van der Waals surface area contributed by atoms with Crippen LogP contribution in [-0.2, 0) is 14.4 Å². The molecule has 3 N–H and O–H groups in total. The second-order valence-electron chi connectivity index (χ2n) is 5.68. The van der Waals surface area contributed by atoms with Gasteiger partial charge >= 0.3 is 0 Å². The molecule has 118 valence electrons. The Hall–Kier alpha value is -2.37. The van der Waals surface area contributed by atoms with E-state index >= 15 is 0 Å². The summed E-state index contributed by atoms with van der Waals surface area (Å²) < 4.78 is 0. The Morgan fingerprint density at radius 2 is 1.77 bits per heavy atom. The van der Waals surface area contributed by atoms with Gasteiger partial charge in [0.05, 0.1) is 12.5 Å². The van der Waals surface area contributed by atoms with Crippen LogP contribution in [0.5, 0.6) is 0 Å². The maximum atomic E-state index is 11.9. The topological polar surface area (TPSA) is 87.3 Å². The van der Waals surface area contributed by atoms with E-state index in [0.29, 0.717) is 0 Å². The minimum atomic E-state index is -0.420. The van der Waals surface area contributed by atoms with E-state index in [0.717, 1.165) is 24.0 Å². The lowest BCUT2D eigenvalue weighted by Crippen LogP contribution is -2.44. The molecule has 1 atom stereocenters. The van der Waals surface area contributed by atoms with E-state index in [2.05, 4.69) is 16.2 Å². The summed E-state index contributed by atoms with van der Waals surface area (Å²) >= 11 is 0. The molecule has 6 heteroatoms. The number of hydrogen-bond donors (Lipinski definition) is 3. The van der Waals surface area contributed by atoms with Crippen molar-refractivity contribution in [2.45, 2.75) is 39.2 Å². The van der Waals surface area contributed by atoms with Crippen molar-refractivity contribution in [2.24, 2.45) is 5.92 Å². The lowest BCUT2D eigenvalue weighted by Gasteiger charge is -2.18. The molecule has 0 radical (unpaired) electrons. The number of carbonyl (C=O) groups excluding carboxylic acids is 3. The van der Waals surface area contributed by atoms with E-state index in [9.17, 15) is 14.4 Å². The summed E-state index contributed by atoms with van der Waals surface area (Å²) in [5.41, 5.74) is 6.77. The number of amides is 3. The molecular formula is C16H21N3O3. The normalized spacial score (nSPS) is 14.8. The molecule has 3 amide bonds. The van der Waals surface area contributed by atoms with E-state index in [1.807, 2.05) is 31.2 Å². The average Bonchev–Trinajstić information content (AvgIpc) is 3.29. The van der Waals surface area contributed by atoms with E-state index in [1.165, 1.54) is 6.92 Å². The molecule has 0 bridgehead atoms. The Labute approximate surface area is 129 Å². The molecule has 1 aliphatic carbocycles. The fourth-order valence-electron chi connectivity index (χ4n) is 2.11. The Balaban J connectivity index is 1.93. The highest BCUT2D eigenvalue weighted by Gasteiger charge is 2.29. The van der Waals surface area contributed by atoms with Crippen molar-refractivity contribution in [3.05, 3.63) is 35.4 Å². The van der Waals surface area contributed by atoms with Crippen LogP contribution >= 0.6 is 0 Å². The monoisotopic (exact) mass is 303 g/mol. The van der Waals surface area contributed by atoms with Crippen LogP contribution in [0.1, 0.15) is 43.4 Å². The fraction of sp³-hybridized carbons (Fsp3) is 0.438. The molecule has 1 aromatic carbocycles. The largest absolute Gasteiger partial charge is 0.349 e. The van der Waals surface area contributed by atoms with Crippen molar-refractivity contribution in [1.29, 1.82) is 0 Å². The number of hydrogen-bond acceptors (Lipinski definition) is 3. The first-order valence-corrected chi connectivity index (χ1v) is 7.38. The first-order chi connectivity index (χ1) is 10.5. The van der Waals surface area contributed by atoms with Crippen molar-refractivity contribution in [1.82, 2.24) is 16.2 Å². The van der Waals surface area contributed by atoms with Gasteiger partial charge in [-0.05, 0) is 25.3 Å². The van der Waals surface area contributed by atoms with Gasteiger partial charge in [-0.2, -0.15) is 0 Å². The molecule has 0 spiro atoms. The van der Waals surface area contributed by atoms with Crippen LogP contribution in [-0.4, -0.2) is 17.7 Å². The Bertz CT molecular complexity index is 565. The summed E-state index contributed by atoms with van der Waals surface area (Å²) in [6, 6.07) is 7.20. The standard InChI is InChI=1S/C16H21N3O3/c1-10-3-5-12(6-4-10)14(17-11(2)20)9-15(21)18-19-16(22)13-7-8-13/h3-6,13-14H,7-9H2,1-2H3,(H,17,20)(H,18,21)(H,19,22). The molecule has 0 aliphatic heterocycles. The minimum Gasteiger partial charge on any atom is -0.349 e. The summed E-state index contributed by atoms with van der Waals surface area (Å²) in [5, 5.41) is 2.76. The van der Waals surface area contributed by atoms with Gasteiger partial charge < -0.3 is 5.32 Å². The van der Waals surface area contributed by atoms with Gasteiger partial charge in [0, 0.05) is 12.8 Å². The summed E-state index contributed by atoms with van der Waals surface area (Å²) in [5.74, 6) is -0.669. The number of carbonyl (C=O) groups is 3. The summed E-state index contributed by atoms with van der Waals surface area (Å²) in [6.07, 6.45) is 1.81. The van der Waals surface area contributed by atoms with E-state index in [1.54, 1.807) is 0 Å². The molecule has 0 saturated heterocycles.